The van der Waals surface area contributed by atoms with E-state index in [1.54, 1.807) is 6.07 Å². The SMILES string of the molecule is [2H]c1c([2H])c([2H])c2c([2H])c(-c3cccc(-c4c5ccccc5c(-c5cccc6oc7c8ccccc8ccc7c56)c5ccccc45)c3)c([2H])c([2H])c2c1[2H]. The molecule has 1 heteroatoms. The van der Waals surface area contributed by atoms with E-state index in [1.807, 2.05) is 66.7 Å². The van der Waals surface area contributed by atoms with Gasteiger partial charge in [0.25, 0.3) is 0 Å². The summed E-state index contributed by atoms with van der Waals surface area (Å²) in [4.78, 5) is 0. The van der Waals surface area contributed by atoms with Crippen molar-refractivity contribution in [2.75, 3.05) is 0 Å². The molecule has 0 fully saturated rings. The van der Waals surface area contributed by atoms with Crippen molar-refractivity contribution in [1.29, 1.82) is 0 Å². The highest BCUT2D eigenvalue weighted by Gasteiger charge is 2.21. The molecule has 0 spiro atoms. The Hall–Kier alpha value is -6.18. The third-order valence-corrected chi connectivity index (χ3v) is 9.28. The lowest BCUT2D eigenvalue weighted by Gasteiger charge is -2.18. The van der Waals surface area contributed by atoms with Crippen molar-refractivity contribution in [3.05, 3.63) is 170 Å². The fraction of sp³-hybridized carbons (Fsp3) is 0. The van der Waals surface area contributed by atoms with Crippen molar-refractivity contribution in [2.24, 2.45) is 0 Å². The molecule has 0 unspecified atom stereocenters. The van der Waals surface area contributed by atoms with Gasteiger partial charge in [-0.3, -0.25) is 0 Å². The highest BCUT2D eigenvalue weighted by atomic mass is 16.3. The zero-order chi connectivity index (χ0) is 37.0. The van der Waals surface area contributed by atoms with Crippen LogP contribution < -0.4 is 0 Å². The summed E-state index contributed by atoms with van der Waals surface area (Å²) >= 11 is 0. The maximum atomic E-state index is 9.18. The summed E-state index contributed by atoms with van der Waals surface area (Å²) in [6.45, 7) is 0. The van der Waals surface area contributed by atoms with Crippen LogP contribution in [0.25, 0.3) is 98.4 Å². The average Bonchev–Trinajstić information content (AvgIpc) is 3.59. The lowest BCUT2D eigenvalue weighted by Crippen LogP contribution is -1.91. The zero-order valence-electron chi connectivity index (χ0n) is 32.0. The van der Waals surface area contributed by atoms with Gasteiger partial charge < -0.3 is 4.42 Å². The van der Waals surface area contributed by atoms with Crippen LogP contribution in [-0.4, -0.2) is 0 Å². The van der Waals surface area contributed by atoms with Gasteiger partial charge in [0, 0.05) is 16.2 Å². The molecule has 218 valence electrons. The molecule has 47 heavy (non-hydrogen) atoms. The first-order valence-corrected chi connectivity index (χ1v) is 15.6. The van der Waals surface area contributed by atoms with E-state index in [1.165, 1.54) is 0 Å². The number of benzene rings is 9. The molecule has 1 nitrogen and oxygen atoms in total. The van der Waals surface area contributed by atoms with Crippen LogP contribution >= 0.6 is 0 Å². The number of rotatable bonds is 3. The van der Waals surface area contributed by atoms with Gasteiger partial charge in [0.15, 0.2) is 0 Å². The van der Waals surface area contributed by atoms with Gasteiger partial charge >= 0.3 is 0 Å². The van der Waals surface area contributed by atoms with Crippen LogP contribution in [0, 0.1) is 0 Å². The summed E-state index contributed by atoms with van der Waals surface area (Å²) in [5.74, 6) is 0. The lowest BCUT2D eigenvalue weighted by atomic mass is 9.84. The molecule has 0 radical (unpaired) electrons. The smallest absolute Gasteiger partial charge is 0.143 e. The monoisotopic (exact) mass is 603 g/mol. The van der Waals surface area contributed by atoms with Crippen molar-refractivity contribution < 1.29 is 14.0 Å². The Morgan fingerprint density at radius 2 is 1.09 bits per heavy atom. The van der Waals surface area contributed by atoms with Crippen molar-refractivity contribution in [1.82, 2.24) is 0 Å². The first-order valence-electron chi connectivity index (χ1n) is 19.1. The maximum Gasteiger partial charge on any atom is 0.143 e. The predicted octanol–water partition coefficient (Wildman–Crippen LogP) is 13.2. The number of hydrogen-bond donors (Lipinski definition) is 0. The molecule has 0 amide bonds. The zero-order valence-corrected chi connectivity index (χ0v) is 25.0. The van der Waals surface area contributed by atoms with E-state index >= 15 is 0 Å². The summed E-state index contributed by atoms with van der Waals surface area (Å²) in [5, 5.41) is 8.26. The van der Waals surface area contributed by atoms with E-state index < -0.39 is 18.1 Å². The Labute approximate surface area is 281 Å². The molecule has 9 aromatic carbocycles. The summed E-state index contributed by atoms with van der Waals surface area (Å²) in [7, 11) is 0. The molecule has 0 aliphatic rings. The van der Waals surface area contributed by atoms with Gasteiger partial charge in [-0.25, -0.2) is 0 Å². The molecule has 0 saturated carbocycles. The van der Waals surface area contributed by atoms with Crippen LogP contribution in [0.3, 0.4) is 0 Å². The van der Waals surface area contributed by atoms with Crippen LogP contribution in [0.1, 0.15) is 9.60 Å². The lowest BCUT2D eigenvalue weighted by molar-refractivity contribution is 0.673. The largest absolute Gasteiger partial charge is 0.455 e. The van der Waals surface area contributed by atoms with E-state index in [0.29, 0.717) is 5.56 Å². The van der Waals surface area contributed by atoms with Crippen LogP contribution in [0.4, 0.5) is 0 Å². The minimum absolute atomic E-state index is 0.0587. The van der Waals surface area contributed by atoms with Crippen molar-refractivity contribution in [3.63, 3.8) is 0 Å². The highest BCUT2D eigenvalue weighted by Crippen LogP contribution is 2.47. The summed E-state index contributed by atoms with van der Waals surface area (Å²) in [6, 6.07) is 40.5. The second kappa shape index (κ2) is 10.2. The maximum absolute atomic E-state index is 9.18. The summed E-state index contributed by atoms with van der Waals surface area (Å²) in [5.41, 5.74) is 6.33. The fourth-order valence-electron chi connectivity index (χ4n) is 7.25. The van der Waals surface area contributed by atoms with E-state index in [9.17, 15) is 1.37 Å². The van der Waals surface area contributed by atoms with Crippen molar-refractivity contribution >= 4 is 65.0 Å². The first-order chi connectivity index (χ1) is 26.2. The first kappa shape index (κ1) is 20.0. The van der Waals surface area contributed by atoms with Gasteiger partial charge in [0.2, 0.25) is 0 Å². The molecule has 0 aliphatic heterocycles. The summed E-state index contributed by atoms with van der Waals surface area (Å²) < 4.78 is 67.0. The second-order valence-electron chi connectivity index (χ2n) is 11.9. The van der Waals surface area contributed by atoms with E-state index in [-0.39, 0.29) is 40.5 Å². The van der Waals surface area contributed by atoms with Gasteiger partial charge in [0.05, 0.1) is 9.60 Å². The number of hydrogen-bond acceptors (Lipinski definition) is 1. The van der Waals surface area contributed by atoms with Gasteiger partial charge in [-0.05, 0) is 95.3 Å². The number of furan rings is 1. The van der Waals surface area contributed by atoms with E-state index in [0.717, 1.165) is 76.5 Å². The molecule has 1 aromatic heterocycles. The van der Waals surface area contributed by atoms with Crippen LogP contribution in [0.15, 0.2) is 174 Å². The molecule has 0 N–H and O–H groups in total. The van der Waals surface area contributed by atoms with Gasteiger partial charge in [-0.15, -0.1) is 0 Å². The Balaban J connectivity index is 1.26. The molecule has 0 bridgehead atoms. The Bertz CT molecular complexity index is 3200. The molecular formula is C46H28O. The fourth-order valence-corrected chi connectivity index (χ4v) is 7.25. The third kappa shape index (κ3) is 3.97. The molecule has 10 rings (SSSR count). The van der Waals surface area contributed by atoms with Crippen molar-refractivity contribution in [3.8, 4) is 33.4 Å². The van der Waals surface area contributed by atoms with Gasteiger partial charge in [-0.2, -0.15) is 0 Å². The molecule has 10 aromatic rings. The number of fused-ring (bicyclic) bond motifs is 8. The summed E-state index contributed by atoms with van der Waals surface area (Å²) in [6.07, 6.45) is 0. The molecule has 0 saturated heterocycles. The van der Waals surface area contributed by atoms with Crippen molar-refractivity contribution in [2.45, 2.75) is 0 Å². The molecular weight excluding hydrogens is 569 g/mol. The normalized spacial score (nSPS) is 13.9. The third-order valence-electron chi connectivity index (χ3n) is 9.28. The minimum Gasteiger partial charge on any atom is -0.455 e. The van der Waals surface area contributed by atoms with Gasteiger partial charge in [-0.1, -0.05) is 145 Å². The highest BCUT2D eigenvalue weighted by molar-refractivity contribution is 6.27. The molecule has 0 atom stereocenters. The topological polar surface area (TPSA) is 13.1 Å². The predicted molar refractivity (Wildman–Crippen MR) is 200 cm³/mol. The van der Waals surface area contributed by atoms with E-state index in [4.69, 9.17) is 12.6 Å². The Morgan fingerprint density at radius 1 is 0.426 bits per heavy atom. The minimum atomic E-state index is -0.484. The van der Waals surface area contributed by atoms with E-state index in [2.05, 4.69) is 54.6 Å². The average molecular weight is 604 g/mol. The Kier molecular flexibility index (Phi) is 4.34. The molecule has 0 aliphatic carbocycles. The Morgan fingerprint density at radius 3 is 1.87 bits per heavy atom. The van der Waals surface area contributed by atoms with Crippen LogP contribution in [-0.2, 0) is 0 Å². The standard InChI is InChI=1S/C46H28O/c1-2-13-31-27-33(24-23-29(31)11-1)32-14-9-15-34(28-32)43-36-17-5-7-19-38(36)44(39-20-8-6-18-37(39)43)40-21-10-22-42-45(40)41-26-25-30-12-3-4-16-35(30)46(41)47-42/h1-28H/i1D,2D,11D,13D,23D,24D,27D. The quantitative estimate of drug-likeness (QED) is 0.183. The van der Waals surface area contributed by atoms with Crippen LogP contribution in [0.2, 0.25) is 0 Å². The van der Waals surface area contributed by atoms with Gasteiger partial charge in [0.1, 0.15) is 11.2 Å². The molecule has 1 heterocycles. The second-order valence-corrected chi connectivity index (χ2v) is 11.9. The van der Waals surface area contributed by atoms with Crippen LogP contribution in [0.5, 0.6) is 0 Å².